The summed E-state index contributed by atoms with van der Waals surface area (Å²) in [7, 11) is 3.20. The molecule has 0 bridgehead atoms. The molecule has 1 amide bonds. The number of anilines is 1. The predicted octanol–water partition coefficient (Wildman–Crippen LogP) is 4.80. The van der Waals surface area contributed by atoms with Gasteiger partial charge in [-0.3, -0.25) is 9.80 Å². The van der Waals surface area contributed by atoms with Crippen molar-refractivity contribution in [1.82, 2.24) is 29.7 Å². The monoisotopic (exact) mass is 643 g/mol. The van der Waals surface area contributed by atoms with Crippen LogP contribution in [0.15, 0.2) is 42.7 Å². The number of β-amino-alcohol motifs (C(OH)–C–C–N with tert-alkyl or cyclic N) is 1. The minimum Gasteiger partial charge on any atom is -0.453 e. The maximum absolute atomic E-state index is 12.0. The molecule has 0 unspecified atom stereocenters. The summed E-state index contributed by atoms with van der Waals surface area (Å²) in [6.07, 6.45) is 4.39. The fraction of sp³-hybridized carbons (Fsp3) is 0.484. The number of carbonyl (C=O) groups excluding carboxylic acids is 1. The number of ether oxygens (including phenoxy) is 2. The van der Waals surface area contributed by atoms with Crippen LogP contribution in [0.25, 0.3) is 11.3 Å². The molecule has 13 heteroatoms. The van der Waals surface area contributed by atoms with Gasteiger partial charge in [-0.05, 0) is 49.6 Å². The van der Waals surface area contributed by atoms with E-state index in [0.717, 1.165) is 63.2 Å². The second kappa shape index (κ2) is 14.7. The van der Waals surface area contributed by atoms with Crippen LogP contribution in [0.5, 0.6) is 11.6 Å². The zero-order chi connectivity index (χ0) is 31.2. The molecule has 0 radical (unpaired) electrons. The number of nitrogens with zero attached hydrogens (tertiary/aromatic N) is 7. The zero-order valence-corrected chi connectivity index (χ0v) is 26.8. The van der Waals surface area contributed by atoms with Crippen molar-refractivity contribution in [2.45, 2.75) is 38.5 Å². The van der Waals surface area contributed by atoms with Crippen LogP contribution >= 0.6 is 23.2 Å². The number of piperidine rings is 1. The van der Waals surface area contributed by atoms with Crippen LogP contribution in [-0.2, 0) is 11.3 Å². The number of halogens is 2. The number of hydrogen-bond acceptors (Lipinski definition) is 10. The van der Waals surface area contributed by atoms with Crippen molar-refractivity contribution in [3.63, 3.8) is 0 Å². The Kier molecular flexibility index (Phi) is 10.8. The van der Waals surface area contributed by atoms with Crippen molar-refractivity contribution >= 4 is 35.2 Å². The molecule has 236 valence electrons. The van der Waals surface area contributed by atoms with Gasteiger partial charge in [0.1, 0.15) is 0 Å². The highest BCUT2D eigenvalue weighted by Gasteiger charge is 2.26. The van der Waals surface area contributed by atoms with E-state index < -0.39 is 0 Å². The topological polar surface area (TPSA) is 107 Å². The van der Waals surface area contributed by atoms with Gasteiger partial charge in [0, 0.05) is 87.1 Å². The molecule has 1 atom stereocenters. The molecule has 5 rings (SSSR count). The lowest BCUT2D eigenvalue weighted by molar-refractivity contribution is 0.0896. The van der Waals surface area contributed by atoms with Gasteiger partial charge in [0.15, 0.2) is 5.75 Å². The van der Waals surface area contributed by atoms with Crippen molar-refractivity contribution in [2.24, 2.45) is 0 Å². The molecule has 0 saturated carbocycles. The Labute approximate surface area is 268 Å². The van der Waals surface area contributed by atoms with E-state index in [1.165, 1.54) is 7.11 Å². The number of pyridine rings is 1. The highest BCUT2D eigenvalue weighted by molar-refractivity contribution is 6.35. The number of amides is 1. The molecule has 0 spiro atoms. The third kappa shape index (κ3) is 8.48. The molecule has 3 aromatic rings. The summed E-state index contributed by atoms with van der Waals surface area (Å²) in [5.74, 6) is 1.54. The molecule has 11 nitrogen and oxygen atoms in total. The fourth-order valence-electron chi connectivity index (χ4n) is 5.72. The van der Waals surface area contributed by atoms with E-state index in [4.69, 9.17) is 37.7 Å². The average Bonchev–Trinajstić information content (AvgIpc) is 3.00. The molecule has 2 aromatic heterocycles. The van der Waals surface area contributed by atoms with E-state index in [-0.39, 0.29) is 18.2 Å². The van der Waals surface area contributed by atoms with Gasteiger partial charge in [0.05, 0.1) is 31.3 Å². The van der Waals surface area contributed by atoms with Crippen LogP contribution in [0.3, 0.4) is 0 Å². The Morgan fingerprint density at radius 1 is 1.00 bits per heavy atom. The number of carbonyl (C=O) groups is 1. The van der Waals surface area contributed by atoms with Gasteiger partial charge >= 0.3 is 6.09 Å². The maximum atomic E-state index is 12.0. The Bertz CT molecular complexity index is 1390. The Morgan fingerprint density at radius 3 is 2.27 bits per heavy atom. The molecule has 2 saturated heterocycles. The maximum Gasteiger partial charge on any atom is 0.409 e. The number of likely N-dealkylation sites (tertiary alicyclic amines) is 1. The number of hydrogen-bond donors (Lipinski definition) is 1. The first-order chi connectivity index (χ1) is 21.2. The standard InChI is InChI=1S/C31H39Cl2N7O4/c1-21(41)19-39-8-10-40(11-9-39)30-34-17-27(18-35-30)44-29-13-22(12-28(36-29)23-14-24(32)16-25(33)15-23)20-38-6-4-26(5-7-38)37(2)31(42)43-3/h12-18,21,26,41H,4-11,19-20H2,1-3H3/t21-/m1/s1. The molecular formula is C31H39Cl2N7O4. The summed E-state index contributed by atoms with van der Waals surface area (Å²) in [4.78, 5) is 34.3. The van der Waals surface area contributed by atoms with Crippen molar-refractivity contribution < 1.29 is 19.4 Å². The molecule has 2 aliphatic heterocycles. The van der Waals surface area contributed by atoms with E-state index in [0.29, 0.717) is 46.4 Å². The Morgan fingerprint density at radius 2 is 1.66 bits per heavy atom. The fourth-order valence-corrected chi connectivity index (χ4v) is 6.24. The SMILES string of the molecule is COC(=O)N(C)C1CCN(Cc2cc(Oc3cnc(N4CCN(C[C@@H](C)O)CC4)nc3)nc(-c3cc(Cl)cc(Cl)c3)c2)CC1. The van der Waals surface area contributed by atoms with Crippen LogP contribution < -0.4 is 9.64 Å². The molecule has 0 aliphatic carbocycles. The van der Waals surface area contributed by atoms with E-state index in [1.807, 2.05) is 31.2 Å². The summed E-state index contributed by atoms with van der Waals surface area (Å²) in [6, 6.07) is 9.45. The van der Waals surface area contributed by atoms with Gasteiger partial charge in [-0.15, -0.1) is 0 Å². The van der Waals surface area contributed by atoms with Gasteiger partial charge in [-0.1, -0.05) is 23.2 Å². The predicted molar refractivity (Wildman–Crippen MR) is 171 cm³/mol. The average molecular weight is 645 g/mol. The van der Waals surface area contributed by atoms with Crippen molar-refractivity contribution in [1.29, 1.82) is 0 Å². The van der Waals surface area contributed by atoms with Gasteiger partial charge in [0.25, 0.3) is 0 Å². The van der Waals surface area contributed by atoms with Crippen molar-refractivity contribution in [2.75, 3.05) is 64.9 Å². The third-order valence-electron chi connectivity index (χ3n) is 8.01. The van der Waals surface area contributed by atoms with E-state index >= 15 is 0 Å². The number of aliphatic hydroxyl groups excluding tert-OH is 1. The molecule has 2 aliphatic rings. The molecule has 1 aromatic carbocycles. The number of benzene rings is 1. The van der Waals surface area contributed by atoms with Gasteiger partial charge in [-0.2, -0.15) is 0 Å². The number of aromatic nitrogens is 3. The summed E-state index contributed by atoms with van der Waals surface area (Å²) < 4.78 is 11.1. The number of aliphatic hydroxyl groups is 1. The first-order valence-electron chi connectivity index (χ1n) is 14.8. The summed E-state index contributed by atoms with van der Waals surface area (Å²) in [5.41, 5.74) is 2.50. The summed E-state index contributed by atoms with van der Waals surface area (Å²) in [5, 5.41) is 10.7. The highest BCUT2D eigenvalue weighted by Crippen LogP contribution is 2.31. The smallest absolute Gasteiger partial charge is 0.409 e. The van der Waals surface area contributed by atoms with E-state index in [1.54, 1.807) is 30.4 Å². The van der Waals surface area contributed by atoms with E-state index in [9.17, 15) is 9.90 Å². The van der Waals surface area contributed by atoms with Crippen LogP contribution in [0.4, 0.5) is 10.7 Å². The molecule has 4 heterocycles. The first-order valence-corrected chi connectivity index (χ1v) is 15.6. The minimum absolute atomic E-state index is 0.148. The number of piperazine rings is 1. The number of methoxy groups -OCH3 is 1. The van der Waals surface area contributed by atoms with Crippen LogP contribution in [0.1, 0.15) is 25.3 Å². The molecule has 2 fully saturated rings. The normalized spacial score (nSPS) is 17.4. The lowest BCUT2D eigenvalue weighted by Gasteiger charge is -2.36. The van der Waals surface area contributed by atoms with E-state index in [2.05, 4.69) is 24.7 Å². The lowest BCUT2D eigenvalue weighted by Crippen LogP contribution is -2.48. The summed E-state index contributed by atoms with van der Waals surface area (Å²) >= 11 is 12.6. The number of rotatable bonds is 9. The largest absolute Gasteiger partial charge is 0.453 e. The van der Waals surface area contributed by atoms with Gasteiger partial charge < -0.3 is 24.4 Å². The van der Waals surface area contributed by atoms with Crippen molar-refractivity contribution in [3.05, 3.63) is 58.3 Å². The zero-order valence-electron chi connectivity index (χ0n) is 25.3. The second-order valence-electron chi connectivity index (χ2n) is 11.4. The van der Waals surface area contributed by atoms with Crippen molar-refractivity contribution in [3.8, 4) is 22.9 Å². The lowest BCUT2D eigenvalue weighted by atomic mass is 10.0. The molecular weight excluding hydrogens is 605 g/mol. The van der Waals surface area contributed by atoms with Gasteiger partial charge in [-0.25, -0.2) is 19.7 Å². The second-order valence-corrected chi connectivity index (χ2v) is 12.3. The highest BCUT2D eigenvalue weighted by atomic mass is 35.5. The third-order valence-corrected chi connectivity index (χ3v) is 8.44. The first kappa shape index (κ1) is 32.2. The van der Waals surface area contributed by atoms with Gasteiger partial charge in [0.2, 0.25) is 11.8 Å². The summed E-state index contributed by atoms with van der Waals surface area (Å²) in [6.45, 7) is 8.11. The Balaban J connectivity index is 1.30. The quantitative estimate of drug-likeness (QED) is 0.349. The molecule has 1 N–H and O–H groups in total. The minimum atomic E-state index is -0.343. The van der Waals surface area contributed by atoms with Crippen LogP contribution in [0.2, 0.25) is 10.0 Å². The van der Waals surface area contributed by atoms with Crippen LogP contribution in [-0.4, -0.2) is 113 Å². The molecule has 44 heavy (non-hydrogen) atoms. The Hall–Kier alpha value is -3.22. The van der Waals surface area contributed by atoms with Crippen LogP contribution in [0, 0.1) is 0 Å².